The molecule has 1 aliphatic carbocycles. The number of likely N-dealkylation sites (N-methyl/N-ethyl adjacent to an activating group) is 2. The van der Waals surface area contributed by atoms with Gasteiger partial charge >= 0.3 is 0 Å². The number of carbonyl (C=O) groups is 1. The summed E-state index contributed by atoms with van der Waals surface area (Å²) >= 11 is 0. The molecule has 0 spiro atoms. The molecule has 1 amide bonds. The molecule has 0 unspecified atom stereocenters. The van der Waals surface area contributed by atoms with Gasteiger partial charge in [-0.25, -0.2) is 0 Å². The van der Waals surface area contributed by atoms with E-state index in [4.69, 9.17) is 4.74 Å². The minimum Gasteiger partial charge on any atom is -0.485 e. The lowest BCUT2D eigenvalue weighted by atomic mass is 10.1. The summed E-state index contributed by atoms with van der Waals surface area (Å²) in [4.78, 5) is 16.6. The number of ether oxygens (including phenoxy) is 1. The third kappa shape index (κ3) is 3.21. The van der Waals surface area contributed by atoms with Gasteiger partial charge in [-0.15, -0.1) is 0 Å². The highest BCUT2D eigenvalue weighted by Crippen LogP contribution is 2.39. The lowest BCUT2D eigenvalue weighted by Crippen LogP contribution is -2.46. The zero-order chi connectivity index (χ0) is 17.4. The number of H-pyrrole nitrogens is 1. The van der Waals surface area contributed by atoms with Crippen molar-refractivity contribution < 1.29 is 9.53 Å². The average molecular weight is 340 g/mol. The first-order valence-corrected chi connectivity index (χ1v) is 8.97. The van der Waals surface area contributed by atoms with Gasteiger partial charge in [0.05, 0.1) is 18.8 Å². The predicted molar refractivity (Wildman–Crippen MR) is 96.3 cm³/mol. The van der Waals surface area contributed by atoms with Crippen molar-refractivity contribution in [3.63, 3.8) is 0 Å². The van der Waals surface area contributed by atoms with Crippen molar-refractivity contribution in [1.82, 2.24) is 15.1 Å². The van der Waals surface area contributed by atoms with E-state index >= 15 is 0 Å². The Morgan fingerprint density at radius 2 is 2.20 bits per heavy atom. The van der Waals surface area contributed by atoms with Crippen LogP contribution in [0.3, 0.4) is 0 Å². The van der Waals surface area contributed by atoms with Crippen LogP contribution in [0.2, 0.25) is 0 Å². The minimum absolute atomic E-state index is 0.0503. The number of fused-ring (bicyclic) bond motifs is 1. The van der Waals surface area contributed by atoms with Crippen molar-refractivity contribution in [1.29, 1.82) is 0 Å². The molecule has 1 aromatic heterocycles. The SMILES string of the molecule is CCN1C[C@@H](CN(C)C(=O)c2cc(C3CC3)[nH]n2)Oc2ccccc21. The molecule has 2 aliphatic rings. The van der Waals surface area contributed by atoms with Crippen molar-refractivity contribution in [2.24, 2.45) is 0 Å². The molecule has 6 nitrogen and oxygen atoms in total. The van der Waals surface area contributed by atoms with Crippen molar-refractivity contribution in [2.45, 2.75) is 31.8 Å². The van der Waals surface area contributed by atoms with Gasteiger partial charge in [0.1, 0.15) is 17.5 Å². The average Bonchev–Trinajstić information content (AvgIpc) is 3.37. The largest absolute Gasteiger partial charge is 0.485 e. The van der Waals surface area contributed by atoms with E-state index in [1.54, 1.807) is 4.90 Å². The number of aromatic amines is 1. The number of rotatable bonds is 5. The topological polar surface area (TPSA) is 61.5 Å². The summed E-state index contributed by atoms with van der Waals surface area (Å²) < 4.78 is 6.11. The molecule has 25 heavy (non-hydrogen) atoms. The molecule has 1 N–H and O–H groups in total. The molecular weight excluding hydrogens is 316 g/mol. The monoisotopic (exact) mass is 340 g/mol. The number of nitrogens with zero attached hydrogens (tertiary/aromatic N) is 3. The molecule has 2 aromatic rings. The van der Waals surface area contributed by atoms with E-state index < -0.39 is 0 Å². The smallest absolute Gasteiger partial charge is 0.274 e. The zero-order valence-electron chi connectivity index (χ0n) is 14.7. The third-order valence-corrected chi connectivity index (χ3v) is 4.96. The van der Waals surface area contributed by atoms with E-state index in [0.29, 0.717) is 18.2 Å². The third-order valence-electron chi connectivity index (χ3n) is 4.96. The summed E-state index contributed by atoms with van der Waals surface area (Å²) in [5.41, 5.74) is 2.70. The van der Waals surface area contributed by atoms with Crippen LogP contribution in [0.1, 0.15) is 41.9 Å². The Hall–Kier alpha value is -2.50. The maximum atomic E-state index is 12.6. The summed E-state index contributed by atoms with van der Waals surface area (Å²) in [6.45, 7) is 4.37. The van der Waals surface area contributed by atoms with E-state index in [0.717, 1.165) is 30.2 Å². The molecule has 1 atom stereocenters. The summed E-state index contributed by atoms with van der Waals surface area (Å²) in [5.74, 6) is 1.39. The Balaban J connectivity index is 1.43. The molecule has 4 rings (SSSR count). The molecule has 132 valence electrons. The fourth-order valence-electron chi connectivity index (χ4n) is 3.41. The summed E-state index contributed by atoms with van der Waals surface area (Å²) in [7, 11) is 1.81. The fraction of sp³-hybridized carbons (Fsp3) is 0.474. The van der Waals surface area contributed by atoms with Crippen molar-refractivity contribution >= 4 is 11.6 Å². The van der Waals surface area contributed by atoms with Crippen LogP contribution < -0.4 is 9.64 Å². The van der Waals surface area contributed by atoms with Gasteiger partial charge in [0.25, 0.3) is 5.91 Å². The summed E-state index contributed by atoms with van der Waals surface area (Å²) in [6, 6.07) is 9.96. The molecule has 6 heteroatoms. The number of hydrogen-bond acceptors (Lipinski definition) is 4. The van der Waals surface area contributed by atoms with Crippen LogP contribution in [0, 0.1) is 0 Å². The van der Waals surface area contributed by atoms with Crippen molar-refractivity contribution in [2.75, 3.05) is 31.6 Å². The molecule has 1 aromatic carbocycles. The number of hydrogen-bond donors (Lipinski definition) is 1. The summed E-state index contributed by atoms with van der Waals surface area (Å²) in [5, 5.41) is 7.19. The number of aromatic nitrogens is 2. The van der Waals surface area contributed by atoms with Crippen LogP contribution in [0.15, 0.2) is 30.3 Å². The number of carbonyl (C=O) groups excluding carboxylic acids is 1. The Kier molecular flexibility index (Phi) is 4.11. The Morgan fingerprint density at radius 1 is 1.40 bits per heavy atom. The highest BCUT2D eigenvalue weighted by atomic mass is 16.5. The predicted octanol–water partition coefficient (Wildman–Crippen LogP) is 2.65. The van der Waals surface area contributed by atoms with Crippen LogP contribution >= 0.6 is 0 Å². The highest BCUT2D eigenvalue weighted by molar-refractivity contribution is 5.92. The van der Waals surface area contributed by atoms with E-state index in [-0.39, 0.29) is 12.0 Å². The normalized spacial score (nSPS) is 19.3. The first kappa shape index (κ1) is 16.0. The number of para-hydroxylation sites is 2. The van der Waals surface area contributed by atoms with E-state index in [1.165, 1.54) is 12.8 Å². The number of anilines is 1. The Labute approximate surface area is 147 Å². The molecule has 2 heterocycles. The molecule has 1 saturated carbocycles. The van der Waals surface area contributed by atoms with Gasteiger partial charge in [0.2, 0.25) is 0 Å². The Morgan fingerprint density at radius 3 is 2.96 bits per heavy atom. The molecule has 0 bridgehead atoms. The maximum absolute atomic E-state index is 12.6. The molecular formula is C19H24N4O2. The standard InChI is InChI=1S/C19H24N4O2/c1-3-23-12-14(25-18-7-5-4-6-17(18)23)11-22(2)19(24)16-10-15(20-21-16)13-8-9-13/h4-7,10,13-14H,3,8-9,11-12H2,1-2H3,(H,20,21)/t14-/m1/s1. The van der Waals surface area contributed by atoms with Crippen LogP contribution in [-0.2, 0) is 0 Å². The second-order valence-electron chi connectivity index (χ2n) is 6.91. The maximum Gasteiger partial charge on any atom is 0.274 e. The van der Waals surface area contributed by atoms with Crippen LogP contribution in [0.5, 0.6) is 5.75 Å². The van der Waals surface area contributed by atoms with Crippen LogP contribution in [0.4, 0.5) is 5.69 Å². The second-order valence-corrected chi connectivity index (χ2v) is 6.91. The number of amides is 1. The van der Waals surface area contributed by atoms with Gasteiger partial charge in [0, 0.05) is 25.2 Å². The molecule has 0 saturated heterocycles. The lowest BCUT2D eigenvalue weighted by molar-refractivity contribution is 0.0704. The van der Waals surface area contributed by atoms with E-state index in [2.05, 4.69) is 28.1 Å². The Bertz CT molecular complexity index is 768. The summed E-state index contributed by atoms with van der Waals surface area (Å²) in [6.07, 6.45) is 2.33. The highest BCUT2D eigenvalue weighted by Gasteiger charge is 2.29. The van der Waals surface area contributed by atoms with Crippen LogP contribution in [0.25, 0.3) is 0 Å². The van der Waals surface area contributed by atoms with Gasteiger partial charge in [-0.2, -0.15) is 5.10 Å². The molecule has 0 radical (unpaired) electrons. The van der Waals surface area contributed by atoms with Gasteiger partial charge < -0.3 is 14.5 Å². The molecule has 1 aliphatic heterocycles. The van der Waals surface area contributed by atoms with Gasteiger partial charge in [-0.3, -0.25) is 9.89 Å². The minimum atomic E-state index is -0.0614. The van der Waals surface area contributed by atoms with Crippen molar-refractivity contribution in [3.8, 4) is 5.75 Å². The molecule has 1 fully saturated rings. The second kappa shape index (κ2) is 6.43. The van der Waals surface area contributed by atoms with Crippen molar-refractivity contribution in [3.05, 3.63) is 41.7 Å². The van der Waals surface area contributed by atoms with Crippen LogP contribution in [-0.4, -0.2) is 53.8 Å². The number of nitrogens with one attached hydrogen (secondary N) is 1. The van der Waals surface area contributed by atoms with Gasteiger partial charge in [0.15, 0.2) is 0 Å². The first-order chi connectivity index (χ1) is 12.2. The van der Waals surface area contributed by atoms with Gasteiger partial charge in [-0.05, 0) is 38.0 Å². The van der Waals surface area contributed by atoms with E-state index in [1.807, 2.05) is 31.3 Å². The van der Waals surface area contributed by atoms with Gasteiger partial charge in [-0.1, -0.05) is 12.1 Å². The quantitative estimate of drug-likeness (QED) is 0.909. The fourth-order valence-corrected chi connectivity index (χ4v) is 3.41. The number of benzene rings is 1. The lowest BCUT2D eigenvalue weighted by Gasteiger charge is -2.37. The van der Waals surface area contributed by atoms with E-state index in [9.17, 15) is 4.79 Å². The first-order valence-electron chi connectivity index (χ1n) is 8.97. The zero-order valence-corrected chi connectivity index (χ0v) is 14.7.